The van der Waals surface area contributed by atoms with Crippen molar-refractivity contribution in [2.24, 2.45) is 5.92 Å². The van der Waals surface area contributed by atoms with Gasteiger partial charge in [-0.3, -0.25) is 4.79 Å². The van der Waals surface area contributed by atoms with Crippen molar-refractivity contribution in [3.8, 4) is 0 Å². The van der Waals surface area contributed by atoms with Crippen molar-refractivity contribution in [3.63, 3.8) is 0 Å². The molecule has 1 aliphatic rings. The van der Waals surface area contributed by atoms with E-state index in [1.807, 2.05) is 4.08 Å². The van der Waals surface area contributed by atoms with Gasteiger partial charge < -0.3 is 19.1 Å². The average Bonchev–Trinajstić information content (AvgIpc) is 2.44. The molecule has 1 saturated heterocycles. The van der Waals surface area contributed by atoms with Gasteiger partial charge in [-0.05, 0) is 30.4 Å². The van der Waals surface area contributed by atoms with E-state index in [9.17, 15) is 4.79 Å². The molecule has 122 valence electrons. The molecule has 0 bridgehead atoms. The van der Waals surface area contributed by atoms with Crippen molar-refractivity contribution in [2.45, 2.75) is 38.4 Å². The number of methoxy groups -OCH3 is 1. The molecule has 0 radical (unpaired) electrons. The molecule has 3 atom stereocenters. The summed E-state index contributed by atoms with van der Waals surface area (Å²) in [5.41, 5.74) is 0. The number of hydrogen-bond acceptors (Lipinski definition) is 5. The summed E-state index contributed by atoms with van der Waals surface area (Å²) in [7, 11) is 3.72. The minimum absolute atomic E-state index is 0.0321. The summed E-state index contributed by atoms with van der Waals surface area (Å²) in [6.07, 6.45) is 4.80. The van der Waals surface area contributed by atoms with Crippen LogP contribution in [-0.4, -0.2) is 57.1 Å². The van der Waals surface area contributed by atoms with Crippen LogP contribution in [0, 0.1) is 5.92 Å². The molecule has 5 nitrogen and oxygen atoms in total. The quantitative estimate of drug-likeness (QED) is 0.348. The van der Waals surface area contributed by atoms with Crippen molar-refractivity contribution in [1.82, 2.24) is 4.90 Å². The Hall–Kier alpha value is -0.180. The van der Waals surface area contributed by atoms with E-state index in [0.717, 1.165) is 32.4 Å². The summed E-state index contributed by atoms with van der Waals surface area (Å²) < 4.78 is 18.4. The van der Waals surface area contributed by atoms with Crippen LogP contribution in [0.4, 0.5) is 0 Å². The standard InChI is InChI=1S/C15H26INO4/c1-12(18)21-15-7-9-17(2)10-13(15)14(20-11-19-3)6-4-5-8-16/h5,8,13-15H,4,6-7,9-11H2,1-3H3/b8-5+/i2+2. The smallest absolute Gasteiger partial charge is 0.302 e. The molecular formula is C15H26INO4. The third kappa shape index (κ3) is 7.08. The summed E-state index contributed by atoms with van der Waals surface area (Å²) in [5, 5.41) is 0. The lowest BCUT2D eigenvalue weighted by Crippen LogP contribution is -2.49. The molecule has 0 spiro atoms. The Bertz CT molecular complexity index is 338. The Labute approximate surface area is 141 Å². The Balaban J connectivity index is 2.73. The maximum Gasteiger partial charge on any atom is 0.302 e. The number of nitrogens with zero attached hydrogens (tertiary/aromatic N) is 1. The van der Waals surface area contributed by atoms with Gasteiger partial charge >= 0.3 is 5.97 Å². The highest BCUT2D eigenvalue weighted by Gasteiger charge is 2.36. The minimum atomic E-state index is -0.216. The van der Waals surface area contributed by atoms with Gasteiger partial charge in [-0.15, -0.1) is 0 Å². The lowest BCUT2D eigenvalue weighted by atomic mass is 9.87. The lowest BCUT2D eigenvalue weighted by molar-refractivity contribution is -0.163. The van der Waals surface area contributed by atoms with Crippen molar-refractivity contribution in [1.29, 1.82) is 0 Å². The highest BCUT2D eigenvalue weighted by molar-refractivity contribution is 14.1. The highest BCUT2D eigenvalue weighted by Crippen LogP contribution is 2.27. The van der Waals surface area contributed by atoms with Gasteiger partial charge in [0, 0.05) is 33.0 Å². The van der Waals surface area contributed by atoms with Gasteiger partial charge in [-0.2, -0.15) is 0 Å². The molecule has 1 aliphatic heterocycles. The fourth-order valence-corrected chi connectivity index (χ4v) is 3.11. The number of hydrogen-bond donors (Lipinski definition) is 0. The molecule has 0 aromatic heterocycles. The van der Waals surface area contributed by atoms with Crippen LogP contribution >= 0.6 is 22.6 Å². The second kappa shape index (κ2) is 10.5. The molecule has 0 aromatic carbocycles. The Morgan fingerprint density at radius 3 is 2.95 bits per heavy atom. The number of halogens is 1. The second-order valence-electron chi connectivity index (χ2n) is 5.41. The molecule has 0 aliphatic carbocycles. The number of allylic oxidation sites excluding steroid dienone is 1. The van der Waals surface area contributed by atoms with Crippen molar-refractivity contribution < 1.29 is 19.0 Å². The normalized spacial score (nSPS) is 25.1. The van der Waals surface area contributed by atoms with E-state index < -0.39 is 0 Å². The number of carbonyl (C=O) groups excluding carboxylic acids is 1. The number of likely N-dealkylation sites (tertiary alicyclic amines) is 1. The van der Waals surface area contributed by atoms with Crippen molar-refractivity contribution in [3.05, 3.63) is 10.2 Å². The molecule has 1 fully saturated rings. The third-order valence-corrected chi connectivity index (χ3v) is 4.21. The molecular weight excluding hydrogens is 387 g/mol. The minimum Gasteiger partial charge on any atom is -0.462 e. The Kier molecular flexibility index (Phi) is 9.46. The molecule has 1 rings (SSSR count). The summed E-state index contributed by atoms with van der Waals surface area (Å²) in [4.78, 5) is 13.6. The molecule has 6 heteroatoms. The molecule has 0 aromatic rings. The maximum atomic E-state index is 11.3. The van der Waals surface area contributed by atoms with Crippen molar-refractivity contribution in [2.75, 3.05) is 34.0 Å². The fourth-order valence-electron chi connectivity index (χ4n) is 2.75. The van der Waals surface area contributed by atoms with Crippen LogP contribution in [0.15, 0.2) is 10.2 Å². The zero-order valence-corrected chi connectivity index (χ0v) is 15.2. The van der Waals surface area contributed by atoms with Gasteiger partial charge in [0.25, 0.3) is 0 Å². The van der Waals surface area contributed by atoms with Gasteiger partial charge in [-0.1, -0.05) is 28.7 Å². The lowest BCUT2D eigenvalue weighted by Gasteiger charge is -2.40. The average molecular weight is 413 g/mol. The van der Waals surface area contributed by atoms with Crippen LogP contribution in [-0.2, 0) is 19.0 Å². The van der Waals surface area contributed by atoms with Gasteiger partial charge in [-0.25, -0.2) is 0 Å². The Morgan fingerprint density at radius 1 is 1.57 bits per heavy atom. The predicted molar refractivity (Wildman–Crippen MR) is 90.3 cm³/mol. The first kappa shape index (κ1) is 18.9. The molecule has 1 heterocycles. The summed E-state index contributed by atoms with van der Waals surface area (Å²) >= 11 is 2.22. The van der Waals surface area contributed by atoms with Gasteiger partial charge in [0.2, 0.25) is 0 Å². The number of esters is 1. The van der Waals surface area contributed by atoms with E-state index in [0.29, 0.717) is 0 Å². The number of carbonyl (C=O) groups is 1. The molecule has 0 amide bonds. The van der Waals surface area contributed by atoms with Gasteiger partial charge in [0.15, 0.2) is 0 Å². The number of rotatable bonds is 8. The van der Waals surface area contributed by atoms with Crippen LogP contribution in [0.5, 0.6) is 0 Å². The van der Waals surface area contributed by atoms with Crippen LogP contribution in [0.3, 0.4) is 0 Å². The molecule has 3 unspecified atom stereocenters. The zero-order valence-electron chi connectivity index (χ0n) is 13.1. The van der Waals surface area contributed by atoms with E-state index in [1.54, 1.807) is 7.11 Å². The summed E-state index contributed by atoms with van der Waals surface area (Å²) in [5.74, 6) is -0.0300. The SMILES string of the molecule is COCOC(CC/C=C/I)C1CN([14CH3])CCC1OC(C)=O. The summed E-state index contributed by atoms with van der Waals surface area (Å²) in [6.45, 7) is 3.56. The molecule has 21 heavy (non-hydrogen) atoms. The zero-order chi connectivity index (χ0) is 15.7. The van der Waals surface area contributed by atoms with E-state index in [-0.39, 0.29) is 30.9 Å². The highest BCUT2D eigenvalue weighted by atomic mass is 127. The third-order valence-electron chi connectivity index (χ3n) is 3.70. The maximum absolute atomic E-state index is 11.3. The van der Waals surface area contributed by atoms with E-state index >= 15 is 0 Å². The van der Waals surface area contributed by atoms with Crippen LogP contribution in [0.1, 0.15) is 26.2 Å². The van der Waals surface area contributed by atoms with Crippen LogP contribution in [0.2, 0.25) is 0 Å². The first-order chi connectivity index (χ1) is 10.1. The van der Waals surface area contributed by atoms with Gasteiger partial charge in [0.05, 0.1) is 6.10 Å². The Morgan fingerprint density at radius 2 is 2.33 bits per heavy atom. The largest absolute Gasteiger partial charge is 0.462 e. The van der Waals surface area contributed by atoms with Crippen LogP contribution < -0.4 is 0 Å². The van der Waals surface area contributed by atoms with E-state index in [1.165, 1.54) is 6.92 Å². The second-order valence-corrected chi connectivity index (χ2v) is 6.13. The first-order valence-corrected chi connectivity index (χ1v) is 8.54. The first-order valence-electron chi connectivity index (χ1n) is 7.30. The molecule has 0 N–H and O–H groups in total. The monoisotopic (exact) mass is 413 g/mol. The topological polar surface area (TPSA) is 48.0 Å². The molecule has 0 saturated carbocycles. The van der Waals surface area contributed by atoms with E-state index in [2.05, 4.69) is 40.6 Å². The summed E-state index contributed by atoms with van der Waals surface area (Å²) in [6, 6.07) is 0. The van der Waals surface area contributed by atoms with E-state index in [4.69, 9.17) is 14.2 Å². The number of ether oxygens (including phenoxy) is 3. The fraction of sp³-hybridized carbons (Fsp3) is 0.800. The van der Waals surface area contributed by atoms with Crippen molar-refractivity contribution >= 4 is 28.6 Å². The number of piperidine rings is 1. The van der Waals surface area contributed by atoms with Crippen LogP contribution in [0.25, 0.3) is 0 Å². The van der Waals surface area contributed by atoms with Gasteiger partial charge in [0.1, 0.15) is 12.9 Å². The predicted octanol–water partition coefficient (Wildman–Crippen LogP) is 2.59.